The maximum Gasteiger partial charge on any atom is 0.335 e. The first-order valence-corrected chi connectivity index (χ1v) is 7.14. The van der Waals surface area contributed by atoms with Crippen molar-refractivity contribution in [2.45, 2.75) is 13.1 Å². The number of aromatic carboxylic acids is 1. The van der Waals surface area contributed by atoms with Gasteiger partial charge in [-0.05, 0) is 18.2 Å². The van der Waals surface area contributed by atoms with E-state index in [9.17, 15) is 4.79 Å². The van der Waals surface area contributed by atoms with E-state index < -0.39 is 5.97 Å². The molecule has 23 heavy (non-hydrogen) atoms. The highest BCUT2D eigenvalue weighted by atomic mass is 16.4. The first-order chi connectivity index (χ1) is 11.2. The number of rotatable bonds is 3. The number of anilines is 1. The van der Waals surface area contributed by atoms with Crippen LogP contribution in [0.15, 0.2) is 42.7 Å². The summed E-state index contributed by atoms with van der Waals surface area (Å²) in [6.45, 7) is 1.35. The summed E-state index contributed by atoms with van der Waals surface area (Å²) in [5.41, 5.74) is 4.13. The van der Waals surface area contributed by atoms with Crippen LogP contribution >= 0.6 is 0 Å². The average molecular weight is 307 g/mol. The third kappa shape index (κ3) is 2.32. The fourth-order valence-electron chi connectivity index (χ4n) is 2.75. The van der Waals surface area contributed by atoms with E-state index in [2.05, 4.69) is 25.1 Å². The molecule has 1 aliphatic heterocycles. The van der Waals surface area contributed by atoms with E-state index in [0.717, 1.165) is 22.5 Å². The number of aromatic nitrogens is 4. The van der Waals surface area contributed by atoms with E-state index in [1.165, 1.54) is 0 Å². The fraction of sp³-hybridized carbons (Fsp3) is 0.125. The van der Waals surface area contributed by atoms with E-state index in [1.807, 2.05) is 0 Å². The number of aromatic amines is 1. The van der Waals surface area contributed by atoms with Gasteiger partial charge in [0.2, 0.25) is 5.95 Å². The number of nitrogens with zero attached hydrogens (tertiary/aromatic N) is 4. The van der Waals surface area contributed by atoms with Gasteiger partial charge in [-0.15, -0.1) is 0 Å². The molecule has 1 aromatic carbocycles. The number of H-pyrrole nitrogens is 1. The molecule has 0 amide bonds. The van der Waals surface area contributed by atoms with Crippen LogP contribution in [0.4, 0.5) is 5.95 Å². The van der Waals surface area contributed by atoms with Crippen LogP contribution in [0.1, 0.15) is 21.6 Å². The lowest BCUT2D eigenvalue weighted by molar-refractivity contribution is 0.0697. The van der Waals surface area contributed by atoms with Gasteiger partial charge in [-0.1, -0.05) is 12.1 Å². The second-order valence-electron chi connectivity index (χ2n) is 5.32. The van der Waals surface area contributed by atoms with Gasteiger partial charge in [-0.25, -0.2) is 14.8 Å². The lowest BCUT2D eigenvalue weighted by atomic mass is 10.1. The number of carboxylic acids is 1. The number of carbonyl (C=O) groups is 1. The van der Waals surface area contributed by atoms with Crippen molar-refractivity contribution in [3.05, 3.63) is 59.5 Å². The van der Waals surface area contributed by atoms with Gasteiger partial charge in [0.15, 0.2) is 0 Å². The lowest BCUT2D eigenvalue weighted by Crippen LogP contribution is -2.18. The van der Waals surface area contributed by atoms with E-state index in [0.29, 0.717) is 19.0 Å². The van der Waals surface area contributed by atoms with Gasteiger partial charge >= 0.3 is 5.97 Å². The average Bonchev–Trinajstić information content (AvgIpc) is 3.16. The number of hydrogen-bond acceptors (Lipinski definition) is 5. The minimum atomic E-state index is -0.934. The van der Waals surface area contributed by atoms with E-state index in [-0.39, 0.29) is 5.56 Å². The van der Waals surface area contributed by atoms with Gasteiger partial charge in [0.25, 0.3) is 0 Å². The Hall–Kier alpha value is -3.22. The highest BCUT2D eigenvalue weighted by Crippen LogP contribution is 2.32. The maximum atomic E-state index is 10.9. The second kappa shape index (κ2) is 5.20. The Morgan fingerprint density at radius 1 is 1.13 bits per heavy atom. The molecule has 0 atom stereocenters. The van der Waals surface area contributed by atoms with Gasteiger partial charge < -0.3 is 10.0 Å². The molecule has 2 aromatic heterocycles. The maximum absolute atomic E-state index is 10.9. The number of benzene rings is 1. The Balaban J connectivity index is 1.64. The van der Waals surface area contributed by atoms with Crippen LogP contribution in [0.2, 0.25) is 0 Å². The quantitative estimate of drug-likeness (QED) is 0.769. The summed E-state index contributed by atoms with van der Waals surface area (Å²) < 4.78 is 0. The topological polar surface area (TPSA) is 95.0 Å². The fourth-order valence-corrected chi connectivity index (χ4v) is 2.75. The molecule has 3 aromatic rings. The summed E-state index contributed by atoms with van der Waals surface area (Å²) in [5.74, 6) is -0.250. The van der Waals surface area contributed by atoms with Gasteiger partial charge in [0.05, 0.1) is 30.0 Å². The van der Waals surface area contributed by atoms with E-state index in [1.54, 1.807) is 42.7 Å². The van der Waals surface area contributed by atoms with E-state index >= 15 is 0 Å². The largest absolute Gasteiger partial charge is 0.478 e. The Morgan fingerprint density at radius 3 is 2.57 bits per heavy atom. The van der Waals surface area contributed by atoms with Gasteiger partial charge in [-0.2, -0.15) is 5.10 Å². The van der Waals surface area contributed by atoms with Gasteiger partial charge in [0.1, 0.15) is 0 Å². The first kappa shape index (κ1) is 13.4. The molecule has 7 nitrogen and oxygen atoms in total. The number of hydrogen-bond donors (Lipinski definition) is 2. The van der Waals surface area contributed by atoms with Crippen molar-refractivity contribution in [3.8, 4) is 11.3 Å². The first-order valence-electron chi connectivity index (χ1n) is 7.14. The molecule has 2 N–H and O–H groups in total. The van der Waals surface area contributed by atoms with Crippen molar-refractivity contribution in [1.82, 2.24) is 20.2 Å². The van der Waals surface area contributed by atoms with Gasteiger partial charge in [0, 0.05) is 23.5 Å². The highest BCUT2D eigenvalue weighted by molar-refractivity contribution is 5.88. The van der Waals surface area contributed by atoms with Crippen molar-refractivity contribution >= 4 is 11.9 Å². The standard InChI is InChI=1S/C16H13N5O2/c22-15(23)11-4-2-10(3-5-11)14-12-8-21(9-13(12)19-20-14)16-17-6-1-7-18-16/h1-7H,8-9H2,(H,19,20)(H,22,23). The smallest absolute Gasteiger partial charge is 0.335 e. The second-order valence-corrected chi connectivity index (χ2v) is 5.32. The van der Waals surface area contributed by atoms with E-state index in [4.69, 9.17) is 5.11 Å². The number of nitrogens with one attached hydrogen (secondary N) is 1. The molecule has 0 fully saturated rings. The Morgan fingerprint density at radius 2 is 1.87 bits per heavy atom. The molecule has 0 aliphatic carbocycles. The van der Waals surface area contributed by atoms with Crippen molar-refractivity contribution in [2.24, 2.45) is 0 Å². The van der Waals surface area contributed by atoms with Crippen molar-refractivity contribution in [3.63, 3.8) is 0 Å². The summed E-state index contributed by atoms with van der Waals surface area (Å²) in [7, 11) is 0. The number of carboxylic acid groups (broad SMARTS) is 1. The minimum Gasteiger partial charge on any atom is -0.478 e. The Kier molecular flexibility index (Phi) is 3.04. The van der Waals surface area contributed by atoms with Crippen LogP contribution in [0.3, 0.4) is 0 Å². The summed E-state index contributed by atoms with van der Waals surface area (Å²) in [5, 5.41) is 16.4. The molecule has 4 rings (SSSR count). The molecule has 0 bridgehead atoms. The highest BCUT2D eigenvalue weighted by Gasteiger charge is 2.26. The summed E-state index contributed by atoms with van der Waals surface area (Å²) in [6, 6.07) is 8.52. The molecule has 0 radical (unpaired) electrons. The van der Waals surface area contributed by atoms with Crippen LogP contribution in [-0.4, -0.2) is 31.2 Å². The van der Waals surface area contributed by atoms with Crippen LogP contribution < -0.4 is 4.90 Å². The van der Waals surface area contributed by atoms with Crippen molar-refractivity contribution in [2.75, 3.05) is 4.90 Å². The molecule has 0 saturated heterocycles. The molecule has 0 saturated carbocycles. The van der Waals surface area contributed by atoms with Crippen LogP contribution in [0.5, 0.6) is 0 Å². The molecule has 114 valence electrons. The molecule has 0 spiro atoms. The van der Waals surface area contributed by atoms with Crippen molar-refractivity contribution < 1.29 is 9.90 Å². The zero-order valence-electron chi connectivity index (χ0n) is 12.1. The third-order valence-corrected chi connectivity index (χ3v) is 3.89. The summed E-state index contributed by atoms with van der Waals surface area (Å²) in [4.78, 5) is 21.6. The number of fused-ring (bicyclic) bond motifs is 1. The molecule has 7 heteroatoms. The minimum absolute atomic E-state index is 0.264. The predicted molar refractivity (Wildman–Crippen MR) is 82.9 cm³/mol. The van der Waals surface area contributed by atoms with Crippen molar-refractivity contribution in [1.29, 1.82) is 0 Å². The Bertz CT molecular complexity index is 858. The molecule has 1 aliphatic rings. The molecule has 0 unspecified atom stereocenters. The predicted octanol–water partition coefficient (Wildman–Crippen LogP) is 2.09. The monoisotopic (exact) mass is 307 g/mol. The van der Waals surface area contributed by atoms with Crippen LogP contribution in [0.25, 0.3) is 11.3 Å². The third-order valence-electron chi connectivity index (χ3n) is 3.89. The molecule has 3 heterocycles. The zero-order chi connectivity index (χ0) is 15.8. The normalized spacial score (nSPS) is 13.1. The van der Waals surface area contributed by atoms with Crippen LogP contribution in [-0.2, 0) is 13.1 Å². The lowest BCUT2D eigenvalue weighted by Gasteiger charge is -2.14. The SMILES string of the molecule is O=C(O)c1ccc(-c2n[nH]c3c2CN(c2ncccn2)C3)cc1. The van der Waals surface area contributed by atoms with Crippen LogP contribution in [0, 0.1) is 0 Å². The zero-order valence-corrected chi connectivity index (χ0v) is 12.1. The summed E-state index contributed by atoms with van der Waals surface area (Å²) >= 11 is 0. The summed E-state index contributed by atoms with van der Waals surface area (Å²) in [6.07, 6.45) is 3.44. The Labute approximate surface area is 131 Å². The molecular weight excluding hydrogens is 294 g/mol. The van der Waals surface area contributed by atoms with Gasteiger partial charge in [-0.3, -0.25) is 5.10 Å². The molecular formula is C16H13N5O2.